The van der Waals surface area contributed by atoms with Crippen molar-refractivity contribution in [2.75, 3.05) is 43.9 Å². The molecule has 2 aromatic carbocycles. The number of likely N-dealkylation sites (N-methyl/N-ethyl adjacent to an activating group) is 1. The molecule has 12 nitrogen and oxygen atoms in total. The number of piperazine rings is 1. The lowest BCUT2D eigenvalue weighted by molar-refractivity contribution is 0.102. The van der Waals surface area contributed by atoms with Crippen LogP contribution in [0.15, 0.2) is 78.2 Å². The van der Waals surface area contributed by atoms with E-state index >= 15 is 0 Å². The number of carbonyl (C=O) groups excluding carboxylic acids is 1. The largest absolute Gasteiger partial charge is 0.336 e. The molecule has 1 saturated heterocycles. The van der Waals surface area contributed by atoms with Crippen molar-refractivity contribution >= 4 is 59.9 Å². The molecular weight excluding hydrogens is 633 g/mol. The van der Waals surface area contributed by atoms with Gasteiger partial charge in [-0.2, -0.15) is 5.10 Å². The Morgan fingerprint density at radius 2 is 1.87 bits per heavy atom. The van der Waals surface area contributed by atoms with Crippen molar-refractivity contribution in [2.24, 2.45) is 0 Å². The highest BCUT2D eigenvalue weighted by atomic mass is 35.7. The molecule has 15 heteroatoms. The molecule has 0 unspecified atom stereocenters. The molecule has 3 N–H and O–H groups in total. The molecule has 1 amide bonds. The van der Waals surface area contributed by atoms with Gasteiger partial charge >= 0.3 is 0 Å². The van der Waals surface area contributed by atoms with Gasteiger partial charge in [0.05, 0.1) is 22.2 Å². The van der Waals surface area contributed by atoms with E-state index in [2.05, 4.69) is 47.6 Å². The van der Waals surface area contributed by atoms with Crippen LogP contribution in [0.3, 0.4) is 0 Å². The first-order chi connectivity index (χ1) is 22.1. The molecule has 0 bridgehead atoms. The second kappa shape index (κ2) is 13.4. The zero-order valence-electron chi connectivity index (χ0n) is 24.8. The van der Waals surface area contributed by atoms with Gasteiger partial charge in [-0.25, -0.2) is 22.8 Å². The van der Waals surface area contributed by atoms with Gasteiger partial charge in [-0.3, -0.25) is 14.8 Å². The number of anilines is 3. The number of hydrogen-bond acceptors (Lipinski definition) is 9. The number of benzene rings is 2. The molecule has 46 heavy (non-hydrogen) atoms. The minimum absolute atomic E-state index is 0.240. The van der Waals surface area contributed by atoms with Gasteiger partial charge in [0.25, 0.3) is 15.0 Å². The van der Waals surface area contributed by atoms with Crippen molar-refractivity contribution < 1.29 is 17.6 Å². The van der Waals surface area contributed by atoms with Crippen LogP contribution < -0.4 is 10.6 Å². The Labute approximate surface area is 269 Å². The minimum Gasteiger partial charge on any atom is -0.336 e. The summed E-state index contributed by atoms with van der Waals surface area (Å²) in [6.07, 6.45) is 8.06. The molecule has 1 aliphatic rings. The maximum Gasteiger partial charge on any atom is 0.275 e. The third kappa shape index (κ3) is 7.42. The maximum atomic E-state index is 13.9. The number of H-pyrrole nitrogens is 1. The van der Waals surface area contributed by atoms with E-state index in [1.807, 2.05) is 41.1 Å². The summed E-state index contributed by atoms with van der Waals surface area (Å²) in [5.74, 6) is -0.598. The lowest BCUT2D eigenvalue weighted by Gasteiger charge is -2.32. The Hall–Kier alpha value is -4.63. The number of fused-ring (bicyclic) bond motifs is 1. The van der Waals surface area contributed by atoms with Crippen LogP contribution in [0.1, 0.15) is 21.6 Å². The van der Waals surface area contributed by atoms with Crippen LogP contribution >= 0.6 is 10.7 Å². The fourth-order valence-electron chi connectivity index (χ4n) is 5.21. The molecule has 0 atom stereocenters. The molecule has 3 aromatic heterocycles. The Morgan fingerprint density at radius 1 is 1.09 bits per heavy atom. The maximum absolute atomic E-state index is 13.9. The van der Waals surface area contributed by atoms with Gasteiger partial charge in [0.2, 0.25) is 0 Å². The summed E-state index contributed by atoms with van der Waals surface area (Å²) in [5.41, 5.74) is 3.49. The number of nitrogens with one attached hydrogen (secondary N) is 3. The molecule has 6 rings (SSSR count). The lowest BCUT2D eigenvalue weighted by Crippen LogP contribution is -2.43. The summed E-state index contributed by atoms with van der Waals surface area (Å²) in [4.78, 5) is 26.4. The second-order valence-electron chi connectivity index (χ2n) is 11.0. The first-order valence-corrected chi connectivity index (χ1v) is 16.8. The van der Waals surface area contributed by atoms with Crippen molar-refractivity contribution in [3.8, 4) is 0 Å². The van der Waals surface area contributed by atoms with E-state index in [0.717, 1.165) is 38.8 Å². The van der Waals surface area contributed by atoms with Crippen LogP contribution in [0.2, 0.25) is 0 Å². The van der Waals surface area contributed by atoms with Gasteiger partial charge in [0, 0.05) is 61.8 Å². The molecule has 5 aromatic rings. The quantitative estimate of drug-likeness (QED) is 0.182. The topological polar surface area (TPSA) is 141 Å². The number of halogens is 2. The van der Waals surface area contributed by atoms with E-state index in [0.29, 0.717) is 40.3 Å². The van der Waals surface area contributed by atoms with Gasteiger partial charge in [0.1, 0.15) is 29.3 Å². The first kappa shape index (κ1) is 31.4. The fraction of sp³-hybridized carbons (Fsp3) is 0.226. The Bertz CT molecular complexity index is 2000. The van der Waals surface area contributed by atoms with E-state index in [4.69, 9.17) is 10.7 Å². The number of carbonyl (C=O) groups is 1. The predicted octanol–water partition coefficient (Wildman–Crippen LogP) is 4.68. The van der Waals surface area contributed by atoms with E-state index in [9.17, 15) is 17.6 Å². The second-order valence-corrected chi connectivity index (χ2v) is 13.6. The van der Waals surface area contributed by atoms with Crippen molar-refractivity contribution in [1.29, 1.82) is 0 Å². The van der Waals surface area contributed by atoms with E-state index in [1.54, 1.807) is 12.2 Å². The number of nitrogens with zero attached hydrogens (tertiary/aromatic N) is 6. The summed E-state index contributed by atoms with van der Waals surface area (Å²) < 4.78 is 39.0. The molecule has 1 aliphatic heterocycles. The highest BCUT2D eigenvalue weighted by Gasteiger charge is 2.18. The van der Waals surface area contributed by atoms with Gasteiger partial charge in [-0.1, -0.05) is 24.3 Å². The van der Waals surface area contributed by atoms with Crippen molar-refractivity contribution in [2.45, 2.75) is 18.0 Å². The molecule has 1 fully saturated rings. The van der Waals surface area contributed by atoms with Crippen molar-refractivity contribution in [3.05, 3.63) is 96.0 Å². The average Bonchev–Trinajstić information content (AvgIpc) is 3.66. The number of allylic oxidation sites excluding steroid dienone is 1. The number of aromatic amines is 1. The van der Waals surface area contributed by atoms with E-state index < -0.39 is 14.9 Å². The first-order valence-electron chi connectivity index (χ1n) is 14.5. The number of amides is 1. The standard InChI is InChI=1S/C31H31ClFN9O3S/c1-40-11-13-41(14-12-40)19-21-4-6-24(7-5-21)37-31(43)28-27(18-36-39-28)38-29-26-8-10-42(30(26)35-20-34-29)9-2-3-22-15-23(33)17-25(16-22)46(32,44)45/h2-8,10,15-18,20H,9,11-14,19H2,1H3,(H,36,39)(H,37,43)(H,34,35,38)/b3-2+. The number of hydrogen-bond donors (Lipinski definition) is 3. The fourth-order valence-corrected chi connectivity index (χ4v) is 6.00. The van der Waals surface area contributed by atoms with Crippen LogP contribution in [-0.2, 0) is 22.1 Å². The van der Waals surface area contributed by atoms with Gasteiger partial charge in [0.15, 0.2) is 0 Å². The van der Waals surface area contributed by atoms with E-state index in [-0.39, 0.29) is 16.5 Å². The van der Waals surface area contributed by atoms with Crippen LogP contribution in [-0.4, -0.2) is 82.1 Å². The molecule has 0 aliphatic carbocycles. The van der Waals surface area contributed by atoms with Crippen LogP contribution in [0.5, 0.6) is 0 Å². The summed E-state index contributed by atoms with van der Waals surface area (Å²) in [6, 6.07) is 13.0. The Kier molecular flexibility index (Phi) is 9.12. The highest BCUT2D eigenvalue weighted by molar-refractivity contribution is 8.13. The third-order valence-electron chi connectivity index (χ3n) is 7.68. The predicted molar refractivity (Wildman–Crippen MR) is 175 cm³/mol. The molecule has 0 spiro atoms. The normalized spacial score (nSPS) is 14.7. The summed E-state index contributed by atoms with van der Waals surface area (Å²) >= 11 is 0. The van der Waals surface area contributed by atoms with Gasteiger partial charge in [-0.05, 0) is 54.6 Å². The zero-order valence-corrected chi connectivity index (χ0v) is 26.4. The SMILES string of the molecule is CN1CCN(Cc2ccc(NC(=O)c3[nH]ncc3Nc3ncnc4c3ccn4C/C=C/c3cc(F)cc(S(=O)(=O)Cl)c3)cc2)CC1. The summed E-state index contributed by atoms with van der Waals surface area (Å²) in [6.45, 7) is 5.42. The zero-order chi connectivity index (χ0) is 32.3. The Morgan fingerprint density at radius 3 is 2.63 bits per heavy atom. The molecule has 238 valence electrons. The van der Waals surface area contributed by atoms with E-state index in [1.165, 1.54) is 30.2 Å². The third-order valence-corrected chi connectivity index (χ3v) is 9.01. The number of rotatable bonds is 10. The Balaban J connectivity index is 1.11. The highest BCUT2D eigenvalue weighted by Crippen LogP contribution is 2.26. The monoisotopic (exact) mass is 663 g/mol. The van der Waals surface area contributed by atoms with Crippen molar-refractivity contribution in [1.82, 2.24) is 34.5 Å². The van der Waals surface area contributed by atoms with Crippen LogP contribution in [0.4, 0.5) is 21.6 Å². The minimum atomic E-state index is -4.07. The molecule has 0 saturated carbocycles. The van der Waals surface area contributed by atoms with Crippen LogP contribution in [0, 0.1) is 5.82 Å². The summed E-state index contributed by atoms with van der Waals surface area (Å²) in [7, 11) is 3.44. The summed E-state index contributed by atoms with van der Waals surface area (Å²) in [5, 5.41) is 13.6. The number of aromatic nitrogens is 5. The van der Waals surface area contributed by atoms with Crippen molar-refractivity contribution in [3.63, 3.8) is 0 Å². The molecule has 4 heterocycles. The smallest absolute Gasteiger partial charge is 0.275 e. The average molecular weight is 664 g/mol. The molecule has 0 radical (unpaired) electrons. The molecular formula is C31H31ClFN9O3S. The van der Waals surface area contributed by atoms with Gasteiger partial charge in [-0.15, -0.1) is 0 Å². The lowest BCUT2D eigenvalue weighted by atomic mass is 10.1. The van der Waals surface area contributed by atoms with Crippen LogP contribution in [0.25, 0.3) is 17.1 Å². The van der Waals surface area contributed by atoms with Gasteiger partial charge < -0.3 is 20.1 Å².